The molecule has 1 heteroatoms. The first kappa shape index (κ1) is 9.05. The predicted octanol–water partition coefficient (Wildman–Crippen LogP) is 2.44. The average Bonchev–Trinajstić information content (AvgIpc) is 1.94. The highest BCUT2D eigenvalue weighted by Crippen LogP contribution is 2.32. The third kappa shape index (κ3) is 2.19. The zero-order chi connectivity index (χ0) is 8.43. The van der Waals surface area contributed by atoms with Crippen LogP contribution in [0.1, 0.15) is 40.0 Å². The number of hydrogen-bond donors (Lipinski definition) is 1. The smallest absolute Gasteiger partial charge is 0.0568 e. The Hall–Kier alpha value is -0.0400. The zero-order valence-corrected chi connectivity index (χ0v) is 7.88. The van der Waals surface area contributed by atoms with E-state index in [9.17, 15) is 5.11 Å². The van der Waals surface area contributed by atoms with Gasteiger partial charge >= 0.3 is 0 Å². The topological polar surface area (TPSA) is 20.2 Å². The Bertz CT molecular complexity index is 120. The molecule has 3 atom stereocenters. The van der Waals surface area contributed by atoms with Crippen LogP contribution in [0.4, 0.5) is 0 Å². The van der Waals surface area contributed by atoms with E-state index in [1.54, 1.807) is 0 Å². The third-order valence-electron chi connectivity index (χ3n) is 3.14. The van der Waals surface area contributed by atoms with Crippen molar-refractivity contribution in [1.82, 2.24) is 0 Å². The molecule has 0 aromatic rings. The molecule has 0 amide bonds. The summed E-state index contributed by atoms with van der Waals surface area (Å²) in [6, 6.07) is 0. The Kier molecular flexibility index (Phi) is 2.94. The van der Waals surface area contributed by atoms with Gasteiger partial charge in [-0.2, -0.15) is 0 Å². The Morgan fingerprint density at radius 1 is 1.27 bits per heavy atom. The lowest BCUT2D eigenvalue weighted by Crippen LogP contribution is -2.29. The molecule has 1 aliphatic rings. The normalized spacial score (nSPS) is 39.5. The summed E-state index contributed by atoms with van der Waals surface area (Å²) in [6.45, 7) is 6.67. The lowest BCUT2D eigenvalue weighted by molar-refractivity contribution is 0.0410. The molecule has 0 bridgehead atoms. The monoisotopic (exact) mass is 156 g/mol. The molecule has 0 spiro atoms. The highest BCUT2D eigenvalue weighted by atomic mass is 16.3. The quantitative estimate of drug-likeness (QED) is 0.618. The molecule has 1 saturated carbocycles. The summed E-state index contributed by atoms with van der Waals surface area (Å²) in [6.07, 6.45) is 3.52. The summed E-state index contributed by atoms with van der Waals surface area (Å²) in [5, 5.41) is 9.60. The summed E-state index contributed by atoms with van der Waals surface area (Å²) in [4.78, 5) is 0. The van der Waals surface area contributed by atoms with Gasteiger partial charge in [-0.3, -0.25) is 0 Å². The van der Waals surface area contributed by atoms with Crippen molar-refractivity contribution in [2.75, 3.05) is 0 Å². The first-order valence-electron chi connectivity index (χ1n) is 4.79. The van der Waals surface area contributed by atoms with Crippen molar-refractivity contribution in [2.24, 2.45) is 17.8 Å². The van der Waals surface area contributed by atoms with Crippen molar-refractivity contribution in [2.45, 2.75) is 46.1 Å². The number of hydrogen-bond acceptors (Lipinski definition) is 1. The van der Waals surface area contributed by atoms with Crippen LogP contribution in [-0.2, 0) is 0 Å². The maximum absolute atomic E-state index is 9.60. The second-order valence-electron chi connectivity index (χ2n) is 4.36. The van der Waals surface area contributed by atoms with Crippen LogP contribution >= 0.6 is 0 Å². The van der Waals surface area contributed by atoms with Crippen LogP contribution in [-0.4, -0.2) is 11.2 Å². The van der Waals surface area contributed by atoms with Crippen molar-refractivity contribution in [3.05, 3.63) is 0 Å². The minimum absolute atomic E-state index is 0.0313. The summed E-state index contributed by atoms with van der Waals surface area (Å²) < 4.78 is 0. The van der Waals surface area contributed by atoms with Crippen LogP contribution in [0.5, 0.6) is 0 Å². The SMILES string of the molecule is CC(C)C1CC[C@H](C)[C@@H](O)C1. The molecule has 1 unspecified atom stereocenters. The molecule has 0 saturated heterocycles. The molecule has 66 valence electrons. The number of rotatable bonds is 1. The molecule has 0 aromatic carbocycles. The van der Waals surface area contributed by atoms with E-state index in [4.69, 9.17) is 0 Å². The van der Waals surface area contributed by atoms with Gasteiger partial charge in [-0.1, -0.05) is 20.8 Å². The van der Waals surface area contributed by atoms with E-state index >= 15 is 0 Å². The Labute approximate surface area is 69.8 Å². The maximum Gasteiger partial charge on any atom is 0.0568 e. The number of aliphatic hydroxyl groups is 1. The molecular formula is C10H20O. The van der Waals surface area contributed by atoms with Crippen LogP contribution in [0.15, 0.2) is 0 Å². The average molecular weight is 156 g/mol. The van der Waals surface area contributed by atoms with Gasteiger partial charge in [0.05, 0.1) is 6.10 Å². The lowest BCUT2D eigenvalue weighted by Gasteiger charge is -2.33. The fraction of sp³-hybridized carbons (Fsp3) is 1.00. The molecule has 1 nitrogen and oxygen atoms in total. The molecule has 11 heavy (non-hydrogen) atoms. The molecule has 0 radical (unpaired) electrons. The molecule has 0 aliphatic heterocycles. The van der Waals surface area contributed by atoms with E-state index in [0.29, 0.717) is 5.92 Å². The van der Waals surface area contributed by atoms with Crippen molar-refractivity contribution in [1.29, 1.82) is 0 Å². The standard InChI is InChI=1S/C10H20O/c1-7(2)9-5-4-8(3)10(11)6-9/h7-11H,4-6H2,1-3H3/t8-,9?,10-/m0/s1. The van der Waals surface area contributed by atoms with E-state index in [1.807, 2.05) is 0 Å². The highest BCUT2D eigenvalue weighted by Gasteiger charge is 2.27. The van der Waals surface area contributed by atoms with Crippen LogP contribution in [0.25, 0.3) is 0 Å². The van der Waals surface area contributed by atoms with Gasteiger partial charge in [-0.25, -0.2) is 0 Å². The summed E-state index contributed by atoms with van der Waals surface area (Å²) >= 11 is 0. The van der Waals surface area contributed by atoms with Crippen molar-refractivity contribution < 1.29 is 5.11 Å². The van der Waals surface area contributed by atoms with E-state index in [0.717, 1.165) is 18.3 Å². The molecule has 0 heterocycles. The fourth-order valence-corrected chi connectivity index (χ4v) is 1.94. The van der Waals surface area contributed by atoms with E-state index in [-0.39, 0.29) is 6.10 Å². The Balaban J connectivity index is 2.40. The van der Waals surface area contributed by atoms with Crippen LogP contribution in [0.2, 0.25) is 0 Å². The number of aliphatic hydroxyl groups excluding tert-OH is 1. The first-order chi connectivity index (χ1) is 5.11. The second-order valence-corrected chi connectivity index (χ2v) is 4.36. The first-order valence-corrected chi connectivity index (χ1v) is 4.79. The van der Waals surface area contributed by atoms with Gasteiger partial charge < -0.3 is 5.11 Å². The van der Waals surface area contributed by atoms with Gasteiger partial charge in [0.1, 0.15) is 0 Å². The summed E-state index contributed by atoms with van der Waals surface area (Å²) in [7, 11) is 0. The highest BCUT2D eigenvalue weighted by molar-refractivity contribution is 4.78. The minimum atomic E-state index is -0.0313. The zero-order valence-electron chi connectivity index (χ0n) is 7.88. The van der Waals surface area contributed by atoms with E-state index < -0.39 is 0 Å². The minimum Gasteiger partial charge on any atom is -0.393 e. The Morgan fingerprint density at radius 2 is 1.91 bits per heavy atom. The Morgan fingerprint density at radius 3 is 2.36 bits per heavy atom. The summed E-state index contributed by atoms with van der Waals surface area (Å²) in [5.41, 5.74) is 0. The molecule has 1 fully saturated rings. The fourth-order valence-electron chi connectivity index (χ4n) is 1.94. The van der Waals surface area contributed by atoms with Crippen molar-refractivity contribution >= 4 is 0 Å². The summed E-state index contributed by atoms with van der Waals surface area (Å²) in [5.74, 6) is 2.04. The largest absolute Gasteiger partial charge is 0.393 e. The van der Waals surface area contributed by atoms with Gasteiger partial charge in [-0.15, -0.1) is 0 Å². The maximum atomic E-state index is 9.60. The van der Waals surface area contributed by atoms with Crippen molar-refractivity contribution in [3.8, 4) is 0 Å². The van der Waals surface area contributed by atoms with Crippen LogP contribution < -0.4 is 0 Å². The second kappa shape index (κ2) is 3.57. The van der Waals surface area contributed by atoms with Crippen LogP contribution in [0.3, 0.4) is 0 Å². The van der Waals surface area contributed by atoms with Crippen LogP contribution in [0, 0.1) is 17.8 Å². The van der Waals surface area contributed by atoms with E-state index in [2.05, 4.69) is 20.8 Å². The van der Waals surface area contributed by atoms with Gasteiger partial charge in [0.25, 0.3) is 0 Å². The third-order valence-corrected chi connectivity index (χ3v) is 3.14. The molecular weight excluding hydrogens is 136 g/mol. The predicted molar refractivity (Wildman–Crippen MR) is 47.3 cm³/mol. The lowest BCUT2D eigenvalue weighted by atomic mass is 9.76. The van der Waals surface area contributed by atoms with E-state index in [1.165, 1.54) is 12.8 Å². The van der Waals surface area contributed by atoms with Gasteiger partial charge in [0, 0.05) is 0 Å². The molecule has 0 aromatic heterocycles. The van der Waals surface area contributed by atoms with Crippen molar-refractivity contribution in [3.63, 3.8) is 0 Å². The van der Waals surface area contributed by atoms with Gasteiger partial charge in [-0.05, 0) is 37.0 Å². The van der Waals surface area contributed by atoms with Gasteiger partial charge in [0.2, 0.25) is 0 Å². The molecule has 1 N–H and O–H groups in total. The molecule has 1 rings (SSSR count). The molecule has 1 aliphatic carbocycles. The van der Waals surface area contributed by atoms with Gasteiger partial charge in [0.15, 0.2) is 0 Å².